The number of nitrogens with one attached hydrogen (secondary N) is 1. The highest BCUT2D eigenvalue weighted by atomic mass is 32.1. The molecule has 2 aromatic heterocycles. The van der Waals surface area contributed by atoms with Crippen molar-refractivity contribution in [1.82, 2.24) is 14.9 Å². The minimum atomic E-state index is -0.125. The number of thiazole rings is 1. The van der Waals surface area contributed by atoms with E-state index in [1.165, 1.54) is 0 Å². The Labute approximate surface area is 151 Å². The molecule has 0 saturated heterocycles. The second-order valence-corrected chi connectivity index (χ2v) is 6.91. The first-order chi connectivity index (χ1) is 12.2. The topological polar surface area (TPSA) is 58.1 Å². The zero-order valence-corrected chi connectivity index (χ0v) is 15.3. The van der Waals surface area contributed by atoms with Crippen LogP contribution < -0.4 is 5.32 Å². The van der Waals surface area contributed by atoms with Crippen LogP contribution in [0.25, 0.3) is 10.2 Å². The number of pyridine rings is 1. The van der Waals surface area contributed by atoms with Gasteiger partial charge in [-0.2, -0.15) is 0 Å². The van der Waals surface area contributed by atoms with Crippen LogP contribution in [-0.4, -0.2) is 27.9 Å². The molecular formula is C19H22N4OS. The largest absolute Gasteiger partial charge is 0.322 e. The molecule has 1 N–H and O–H groups in total. The Morgan fingerprint density at radius 1 is 1.36 bits per heavy atom. The summed E-state index contributed by atoms with van der Waals surface area (Å²) in [6, 6.07) is 9.63. The highest BCUT2D eigenvalue weighted by Gasteiger charge is 2.21. The predicted octanol–water partition coefficient (Wildman–Crippen LogP) is 5.09. The maximum Gasteiger partial charge on any atom is 0.322 e. The van der Waals surface area contributed by atoms with Crippen LogP contribution in [0.15, 0.2) is 48.2 Å². The van der Waals surface area contributed by atoms with Crippen molar-refractivity contribution in [2.24, 2.45) is 0 Å². The van der Waals surface area contributed by atoms with Crippen LogP contribution in [0, 0.1) is 0 Å². The number of carbonyl (C=O) groups excluding carboxylic acids is 1. The molecule has 5 nitrogen and oxygen atoms in total. The van der Waals surface area contributed by atoms with E-state index < -0.39 is 0 Å². The zero-order valence-electron chi connectivity index (χ0n) is 14.5. The second-order valence-electron chi connectivity index (χ2n) is 6.02. The molecule has 0 unspecified atom stereocenters. The maximum atomic E-state index is 12.7. The van der Waals surface area contributed by atoms with Crippen molar-refractivity contribution in [1.29, 1.82) is 0 Å². The van der Waals surface area contributed by atoms with Gasteiger partial charge in [0.2, 0.25) is 0 Å². The van der Waals surface area contributed by atoms with Gasteiger partial charge in [-0.25, -0.2) is 9.78 Å². The van der Waals surface area contributed by atoms with Crippen LogP contribution in [0.3, 0.4) is 0 Å². The van der Waals surface area contributed by atoms with Crippen molar-refractivity contribution >= 4 is 33.3 Å². The maximum absolute atomic E-state index is 12.7. The number of aromatic nitrogens is 2. The fourth-order valence-electron chi connectivity index (χ4n) is 2.84. The molecule has 1 aromatic carbocycles. The van der Waals surface area contributed by atoms with E-state index in [-0.39, 0.29) is 12.1 Å². The highest BCUT2D eigenvalue weighted by Crippen LogP contribution is 2.26. The third-order valence-electron chi connectivity index (χ3n) is 4.27. The molecule has 3 aromatic rings. The SMILES string of the molecule is CCCC[C@@H](c1cccnc1)N(C)C(=O)Nc1ccc2scnc2c1. The Hall–Kier alpha value is -2.47. The number of carbonyl (C=O) groups is 1. The molecule has 6 heteroatoms. The number of benzene rings is 1. The van der Waals surface area contributed by atoms with Crippen LogP contribution in [0.5, 0.6) is 0 Å². The highest BCUT2D eigenvalue weighted by molar-refractivity contribution is 7.16. The predicted molar refractivity (Wildman–Crippen MR) is 103 cm³/mol. The van der Waals surface area contributed by atoms with Gasteiger partial charge in [-0.05, 0) is 36.2 Å². The normalized spacial score (nSPS) is 12.1. The molecule has 3 rings (SSSR count). The molecule has 2 amide bonds. The molecule has 25 heavy (non-hydrogen) atoms. The molecule has 0 saturated carbocycles. The lowest BCUT2D eigenvalue weighted by Gasteiger charge is -2.28. The minimum Gasteiger partial charge on any atom is -0.320 e. The fraction of sp³-hybridized carbons (Fsp3) is 0.316. The molecule has 1 atom stereocenters. The van der Waals surface area contributed by atoms with Gasteiger partial charge in [-0.15, -0.1) is 11.3 Å². The summed E-state index contributed by atoms with van der Waals surface area (Å²) in [5, 5.41) is 2.98. The quantitative estimate of drug-likeness (QED) is 0.671. The first-order valence-corrected chi connectivity index (χ1v) is 9.34. The van der Waals surface area contributed by atoms with E-state index in [2.05, 4.69) is 22.2 Å². The minimum absolute atomic E-state index is 0.0108. The van der Waals surface area contributed by atoms with E-state index in [0.717, 1.165) is 40.7 Å². The summed E-state index contributed by atoms with van der Waals surface area (Å²) in [6.07, 6.45) is 6.65. The summed E-state index contributed by atoms with van der Waals surface area (Å²) in [5.74, 6) is 0. The van der Waals surface area contributed by atoms with Crippen LogP contribution in [0.2, 0.25) is 0 Å². The first-order valence-electron chi connectivity index (χ1n) is 8.46. The molecule has 0 bridgehead atoms. The summed E-state index contributed by atoms with van der Waals surface area (Å²) < 4.78 is 1.11. The molecule has 0 aliphatic carbocycles. The van der Waals surface area contributed by atoms with Gasteiger partial charge in [0.25, 0.3) is 0 Å². The van der Waals surface area contributed by atoms with Crippen molar-refractivity contribution in [3.05, 3.63) is 53.8 Å². The lowest BCUT2D eigenvalue weighted by Crippen LogP contribution is -2.35. The van der Waals surface area contributed by atoms with E-state index in [9.17, 15) is 4.79 Å². The lowest BCUT2D eigenvalue weighted by atomic mass is 10.0. The average molecular weight is 354 g/mol. The van der Waals surface area contributed by atoms with Crippen LogP contribution in [0.4, 0.5) is 10.5 Å². The van der Waals surface area contributed by atoms with Crippen molar-refractivity contribution in [3.8, 4) is 0 Å². The van der Waals surface area contributed by atoms with Gasteiger partial charge < -0.3 is 10.2 Å². The van der Waals surface area contributed by atoms with Gasteiger partial charge in [-0.1, -0.05) is 25.8 Å². The first kappa shape index (κ1) is 17.4. The van der Waals surface area contributed by atoms with Crippen LogP contribution in [0.1, 0.15) is 37.8 Å². The number of urea groups is 1. The summed E-state index contributed by atoms with van der Waals surface area (Å²) in [4.78, 5) is 23.0. The second kappa shape index (κ2) is 8.07. The summed E-state index contributed by atoms with van der Waals surface area (Å²) >= 11 is 1.59. The fourth-order valence-corrected chi connectivity index (χ4v) is 3.50. The van der Waals surface area contributed by atoms with Crippen molar-refractivity contribution in [2.45, 2.75) is 32.2 Å². The van der Waals surface area contributed by atoms with Gasteiger partial charge in [-0.3, -0.25) is 4.98 Å². The van der Waals surface area contributed by atoms with Gasteiger partial charge >= 0.3 is 6.03 Å². The van der Waals surface area contributed by atoms with Gasteiger partial charge in [0.1, 0.15) is 0 Å². The Kier molecular flexibility index (Phi) is 5.60. The Morgan fingerprint density at radius 3 is 3.00 bits per heavy atom. The van der Waals surface area contributed by atoms with Gasteiger partial charge in [0.15, 0.2) is 0 Å². The third kappa shape index (κ3) is 4.14. The number of amides is 2. The number of unbranched alkanes of at least 4 members (excludes halogenated alkanes) is 1. The number of anilines is 1. The average Bonchev–Trinajstić information content (AvgIpc) is 3.10. The van der Waals surface area contributed by atoms with E-state index in [1.807, 2.05) is 49.1 Å². The van der Waals surface area contributed by atoms with Crippen molar-refractivity contribution in [3.63, 3.8) is 0 Å². The Bertz CT molecular complexity index is 834. The zero-order chi connectivity index (χ0) is 17.6. The van der Waals surface area contributed by atoms with Gasteiger partial charge in [0, 0.05) is 25.1 Å². The number of nitrogens with zero attached hydrogens (tertiary/aromatic N) is 3. The number of hydrogen-bond acceptors (Lipinski definition) is 4. The monoisotopic (exact) mass is 354 g/mol. The van der Waals surface area contributed by atoms with E-state index >= 15 is 0 Å². The molecule has 0 fully saturated rings. The molecular weight excluding hydrogens is 332 g/mol. The standard InChI is InChI=1S/C19H22N4OS/c1-3-4-7-17(14-6-5-10-20-12-14)23(2)19(24)22-15-8-9-18-16(11-15)21-13-25-18/h5-6,8-13,17H,3-4,7H2,1-2H3,(H,22,24)/t17-/m0/s1. The smallest absolute Gasteiger partial charge is 0.320 e. The summed E-state index contributed by atoms with van der Waals surface area (Å²) in [5.41, 5.74) is 4.53. The lowest BCUT2D eigenvalue weighted by molar-refractivity contribution is 0.200. The third-order valence-corrected chi connectivity index (χ3v) is 5.08. The summed E-state index contributed by atoms with van der Waals surface area (Å²) in [7, 11) is 1.84. The molecule has 0 aliphatic rings. The van der Waals surface area contributed by atoms with E-state index in [1.54, 1.807) is 22.4 Å². The van der Waals surface area contributed by atoms with E-state index in [4.69, 9.17) is 0 Å². The number of hydrogen-bond donors (Lipinski definition) is 1. The van der Waals surface area contributed by atoms with Gasteiger partial charge in [0.05, 0.1) is 21.8 Å². The Balaban J connectivity index is 1.75. The number of fused-ring (bicyclic) bond motifs is 1. The van der Waals surface area contributed by atoms with Crippen LogP contribution in [-0.2, 0) is 0 Å². The molecule has 0 aliphatic heterocycles. The molecule has 0 radical (unpaired) electrons. The summed E-state index contributed by atoms with van der Waals surface area (Å²) in [6.45, 7) is 2.16. The van der Waals surface area contributed by atoms with Crippen molar-refractivity contribution in [2.75, 3.05) is 12.4 Å². The Morgan fingerprint density at radius 2 is 2.24 bits per heavy atom. The molecule has 130 valence electrons. The van der Waals surface area contributed by atoms with Crippen LogP contribution >= 0.6 is 11.3 Å². The number of rotatable bonds is 6. The molecule has 2 heterocycles. The molecule has 0 spiro atoms. The van der Waals surface area contributed by atoms with Crippen molar-refractivity contribution < 1.29 is 4.79 Å². The van der Waals surface area contributed by atoms with E-state index in [0.29, 0.717) is 0 Å².